The Morgan fingerprint density at radius 3 is 2.71 bits per heavy atom. The van der Waals surface area contributed by atoms with Crippen molar-refractivity contribution in [3.63, 3.8) is 0 Å². The molecule has 0 saturated heterocycles. The van der Waals surface area contributed by atoms with Gasteiger partial charge in [-0.15, -0.1) is 0 Å². The van der Waals surface area contributed by atoms with Crippen LogP contribution >= 0.6 is 11.6 Å². The van der Waals surface area contributed by atoms with Gasteiger partial charge in [-0.2, -0.15) is 5.26 Å². The molecule has 1 amide bonds. The molecule has 0 heterocycles. The van der Waals surface area contributed by atoms with Crippen LogP contribution in [0.4, 0.5) is 11.4 Å². The predicted octanol–water partition coefficient (Wildman–Crippen LogP) is 3.53. The van der Waals surface area contributed by atoms with E-state index in [1.165, 1.54) is 19.1 Å². The second-order valence-corrected chi connectivity index (χ2v) is 5.19. The van der Waals surface area contributed by atoms with Gasteiger partial charge in [0.05, 0.1) is 21.2 Å². The minimum absolute atomic E-state index is 0.0437. The van der Waals surface area contributed by atoms with Gasteiger partial charge in [-0.05, 0) is 25.1 Å². The Bertz CT molecular complexity index is 832. The topological polar surface area (TPSA) is 105 Å². The molecule has 2 aromatic rings. The Balaban J connectivity index is 2.09. The molecule has 0 bridgehead atoms. The molecule has 2 rings (SSSR count). The van der Waals surface area contributed by atoms with Gasteiger partial charge in [-0.1, -0.05) is 23.7 Å². The Kier molecular flexibility index (Phi) is 5.35. The van der Waals surface area contributed by atoms with Gasteiger partial charge < -0.3 is 10.1 Å². The number of nitriles is 1. The van der Waals surface area contributed by atoms with Crippen LogP contribution in [0.2, 0.25) is 5.02 Å². The van der Waals surface area contributed by atoms with E-state index in [4.69, 9.17) is 21.6 Å². The third-order valence-electron chi connectivity index (χ3n) is 3.10. The number of anilines is 1. The number of ether oxygens (including phenoxy) is 1. The van der Waals surface area contributed by atoms with Crippen LogP contribution in [0.15, 0.2) is 42.5 Å². The first-order valence-electron chi connectivity index (χ1n) is 6.83. The van der Waals surface area contributed by atoms with Crippen LogP contribution in [0.3, 0.4) is 0 Å². The van der Waals surface area contributed by atoms with E-state index >= 15 is 0 Å². The summed E-state index contributed by atoms with van der Waals surface area (Å²) in [6, 6.07) is 12.2. The summed E-state index contributed by atoms with van der Waals surface area (Å²) in [5.41, 5.74) is 0.368. The van der Waals surface area contributed by atoms with Crippen LogP contribution in [0.5, 0.6) is 5.75 Å². The van der Waals surface area contributed by atoms with Crippen molar-refractivity contribution in [1.82, 2.24) is 0 Å². The fourth-order valence-electron chi connectivity index (χ4n) is 1.86. The monoisotopic (exact) mass is 345 g/mol. The smallest absolute Gasteiger partial charge is 0.271 e. The van der Waals surface area contributed by atoms with Gasteiger partial charge in [0, 0.05) is 12.1 Å². The first-order valence-corrected chi connectivity index (χ1v) is 7.20. The second-order valence-electron chi connectivity index (χ2n) is 4.78. The van der Waals surface area contributed by atoms with Crippen molar-refractivity contribution in [3.8, 4) is 11.8 Å². The number of amides is 1. The molecule has 2 aromatic carbocycles. The number of hydrogen-bond acceptors (Lipinski definition) is 5. The van der Waals surface area contributed by atoms with Gasteiger partial charge in [0.2, 0.25) is 0 Å². The van der Waals surface area contributed by atoms with Gasteiger partial charge in [-0.3, -0.25) is 14.9 Å². The van der Waals surface area contributed by atoms with E-state index in [1.807, 2.05) is 6.07 Å². The van der Waals surface area contributed by atoms with Gasteiger partial charge in [0.15, 0.2) is 6.10 Å². The molecule has 0 aliphatic carbocycles. The van der Waals surface area contributed by atoms with Crippen molar-refractivity contribution in [3.05, 3.63) is 63.2 Å². The average Bonchev–Trinajstić information content (AvgIpc) is 2.56. The molecule has 0 aliphatic heterocycles. The predicted molar refractivity (Wildman–Crippen MR) is 88.0 cm³/mol. The van der Waals surface area contributed by atoms with Crippen LogP contribution in [0, 0.1) is 21.4 Å². The maximum Gasteiger partial charge on any atom is 0.271 e. The Labute approximate surface area is 142 Å². The highest BCUT2D eigenvalue weighted by Gasteiger charge is 2.18. The maximum absolute atomic E-state index is 12.2. The van der Waals surface area contributed by atoms with Gasteiger partial charge >= 0.3 is 0 Å². The normalized spacial score (nSPS) is 11.2. The Hall–Kier alpha value is -3.11. The number of nitro groups is 1. The number of benzene rings is 2. The first kappa shape index (κ1) is 17.2. The van der Waals surface area contributed by atoms with E-state index in [2.05, 4.69) is 5.32 Å². The summed E-state index contributed by atoms with van der Waals surface area (Å²) < 4.78 is 5.49. The summed E-state index contributed by atoms with van der Waals surface area (Å²) in [7, 11) is 0. The number of carbonyl (C=O) groups is 1. The van der Waals surface area contributed by atoms with Crippen LogP contribution in [0.1, 0.15) is 12.5 Å². The summed E-state index contributed by atoms with van der Waals surface area (Å²) in [4.78, 5) is 22.3. The number of halogens is 1. The summed E-state index contributed by atoms with van der Waals surface area (Å²) in [6.07, 6.45) is -0.897. The molecule has 0 aliphatic rings. The van der Waals surface area contributed by atoms with Crippen LogP contribution < -0.4 is 10.1 Å². The molecule has 0 unspecified atom stereocenters. The van der Waals surface area contributed by atoms with Gasteiger partial charge in [-0.25, -0.2) is 0 Å². The maximum atomic E-state index is 12.2. The van der Waals surface area contributed by atoms with Crippen LogP contribution in [-0.2, 0) is 4.79 Å². The average molecular weight is 346 g/mol. The standard InChI is InChI=1S/C16H12ClN3O4/c1-10(24-15-5-3-2-4-11(15)9-18)16(21)19-14-7-6-12(20(22)23)8-13(14)17/h2-8,10H,1H3,(H,19,21)/t10-/m1/s1. The lowest BCUT2D eigenvalue weighted by molar-refractivity contribution is -0.384. The molecule has 1 N–H and O–H groups in total. The molecule has 0 aromatic heterocycles. The van der Waals surface area contributed by atoms with Crippen molar-refractivity contribution >= 4 is 28.9 Å². The number of carbonyl (C=O) groups excluding carboxylic acids is 1. The minimum atomic E-state index is -0.897. The molecule has 0 radical (unpaired) electrons. The SMILES string of the molecule is C[C@@H](Oc1ccccc1C#N)C(=O)Nc1ccc([N+](=O)[O-])cc1Cl. The summed E-state index contributed by atoms with van der Waals surface area (Å²) in [5, 5.41) is 22.3. The van der Waals surface area contributed by atoms with Crippen LogP contribution in [-0.4, -0.2) is 16.9 Å². The molecule has 0 spiro atoms. The third-order valence-corrected chi connectivity index (χ3v) is 3.41. The van der Waals surface area contributed by atoms with Crippen molar-refractivity contribution in [2.24, 2.45) is 0 Å². The molecular formula is C16H12ClN3O4. The zero-order valence-electron chi connectivity index (χ0n) is 12.5. The Morgan fingerprint density at radius 2 is 2.08 bits per heavy atom. The fraction of sp³-hybridized carbons (Fsp3) is 0.125. The summed E-state index contributed by atoms with van der Waals surface area (Å²) in [5.74, 6) is -0.212. The van der Waals surface area contributed by atoms with Gasteiger partial charge in [0.1, 0.15) is 11.8 Å². The first-order chi connectivity index (χ1) is 11.4. The molecular weight excluding hydrogens is 334 g/mol. The van der Waals surface area contributed by atoms with E-state index in [9.17, 15) is 14.9 Å². The molecule has 1 atom stereocenters. The lowest BCUT2D eigenvalue weighted by Gasteiger charge is -2.16. The minimum Gasteiger partial charge on any atom is -0.480 e. The molecule has 0 fully saturated rings. The highest BCUT2D eigenvalue weighted by molar-refractivity contribution is 6.34. The largest absolute Gasteiger partial charge is 0.480 e. The lowest BCUT2D eigenvalue weighted by Crippen LogP contribution is -2.30. The number of rotatable bonds is 5. The number of nitrogens with one attached hydrogen (secondary N) is 1. The van der Waals surface area contributed by atoms with E-state index in [0.717, 1.165) is 6.07 Å². The molecule has 0 saturated carbocycles. The van der Waals surface area contributed by atoms with E-state index in [1.54, 1.807) is 24.3 Å². The van der Waals surface area contributed by atoms with E-state index in [0.29, 0.717) is 5.56 Å². The number of nitro benzene ring substituents is 1. The van der Waals surface area contributed by atoms with E-state index < -0.39 is 16.9 Å². The molecule has 8 heteroatoms. The fourth-order valence-corrected chi connectivity index (χ4v) is 2.08. The molecule has 24 heavy (non-hydrogen) atoms. The Morgan fingerprint density at radius 1 is 1.38 bits per heavy atom. The van der Waals surface area contributed by atoms with Crippen molar-refractivity contribution < 1.29 is 14.5 Å². The number of para-hydroxylation sites is 1. The van der Waals surface area contributed by atoms with Crippen LogP contribution in [0.25, 0.3) is 0 Å². The van der Waals surface area contributed by atoms with E-state index in [-0.39, 0.29) is 22.1 Å². The number of hydrogen-bond donors (Lipinski definition) is 1. The highest BCUT2D eigenvalue weighted by Crippen LogP contribution is 2.27. The number of nitrogens with zero attached hydrogens (tertiary/aromatic N) is 2. The quantitative estimate of drug-likeness (QED) is 0.659. The van der Waals surface area contributed by atoms with Crippen molar-refractivity contribution in [1.29, 1.82) is 5.26 Å². The zero-order chi connectivity index (χ0) is 17.7. The van der Waals surface area contributed by atoms with Crippen molar-refractivity contribution in [2.45, 2.75) is 13.0 Å². The molecule has 7 nitrogen and oxygen atoms in total. The molecule has 122 valence electrons. The second kappa shape index (κ2) is 7.44. The number of non-ortho nitro benzene ring substituents is 1. The van der Waals surface area contributed by atoms with Gasteiger partial charge in [0.25, 0.3) is 11.6 Å². The summed E-state index contributed by atoms with van der Waals surface area (Å²) >= 11 is 5.93. The third kappa shape index (κ3) is 4.00. The lowest BCUT2D eigenvalue weighted by atomic mass is 10.2. The summed E-state index contributed by atoms with van der Waals surface area (Å²) in [6.45, 7) is 1.52. The highest BCUT2D eigenvalue weighted by atomic mass is 35.5. The van der Waals surface area contributed by atoms with Crippen molar-refractivity contribution in [2.75, 3.05) is 5.32 Å². The zero-order valence-corrected chi connectivity index (χ0v) is 13.3.